The second kappa shape index (κ2) is 10.8. The fourth-order valence-electron chi connectivity index (χ4n) is 3.11. The average Bonchev–Trinajstić information content (AvgIpc) is 2.73. The van der Waals surface area contributed by atoms with Gasteiger partial charge in [-0.2, -0.15) is 13.2 Å². The molecule has 0 saturated heterocycles. The Morgan fingerprint density at radius 2 is 1.61 bits per heavy atom. The highest BCUT2D eigenvalue weighted by molar-refractivity contribution is 5.88. The fraction of sp³-hybridized carbons (Fsp3) is 0.304. The van der Waals surface area contributed by atoms with Crippen molar-refractivity contribution in [1.29, 1.82) is 0 Å². The lowest BCUT2D eigenvalue weighted by atomic mass is 9.91. The number of carbonyl (C=O) groups excluding carboxylic acids is 2. The molecule has 2 aromatic rings. The van der Waals surface area contributed by atoms with Crippen LogP contribution in [0.25, 0.3) is 0 Å². The number of hydrogen-bond acceptors (Lipinski definition) is 4. The van der Waals surface area contributed by atoms with Gasteiger partial charge in [-0.25, -0.2) is 4.79 Å². The molecule has 1 N–H and O–H groups in total. The molecule has 0 saturated carbocycles. The Morgan fingerprint density at radius 3 is 2.13 bits per heavy atom. The number of halogens is 3. The lowest BCUT2D eigenvalue weighted by molar-refractivity contribution is -0.266. The smallest absolute Gasteiger partial charge is 0.430 e. The summed E-state index contributed by atoms with van der Waals surface area (Å²) < 4.78 is 52.0. The molecular weight excluding hydrogens is 411 g/mol. The van der Waals surface area contributed by atoms with Crippen molar-refractivity contribution in [2.45, 2.75) is 31.2 Å². The molecule has 0 fully saturated rings. The predicted octanol–water partition coefficient (Wildman–Crippen LogP) is 3.94. The first-order valence-electron chi connectivity index (χ1n) is 9.61. The molecule has 8 heteroatoms. The van der Waals surface area contributed by atoms with Crippen molar-refractivity contribution in [2.75, 3.05) is 13.7 Å². The highest BCUT2D eigenvalue weighted by atomic mass is 19.4. The van der Waals surface area contributed by atoms with Gasteiger partial charge in [-0.1, -0.05) is 66.7 Å². The predicted molar refractivity (Wildman–Crippen MR) is 109 cm³/mol. The molecular formula is C23H24F3NO4. The van der Waals surface area contributed by atoms with Gasteiger partial charge in [0.2, 0.25) is 0 Å². The zero-order valence-corrected chi connectivity index (χ0v) is 17.2. The Labute approximate surface area is 178 Å². The maximum Gasteiger partial charge on any atom is 0.430 e. The van der Waals surface area contributed by atoms with Crippen LogP contribution in [0.15, 0.2) is 72.8 Å². The number of nitrogens with one attached hydrogen (secondary N) is 1. The van der Waals surface area contributed by atoms with Crippen LogP contribution in [-0.4, -0.2) is 37.8 Å². The molecule has 0 aliphatic rings. The SMILES string of the molecule is CCOC(=O)/C=C/C(Cc1ccccc1)NC(=O)C(OC)(c1ccccc1)C(F)(F)F. The maximum absolute atomic E-state index is 14.1. The lowest BCUT2D eigenvalue weighted by Gasteiger charge is -2.34. The highest BCUT2D eigenvalue weighted by Gasteiger charge is 2.62. The number of carbonyl (C=O) groups is 2. The molecule has 0 heterocycles. The highest BCUT2D eigenvalue weighted by Crippen LogP contribution is 2.42. The normalized spacial score (nSPS) is 14.6. The van der Waals surface area contributed by atoms with Crippen LogP contribution in [0.3, 0.4) is 0 Å². The van der Waals surface area contributed by atoms with Crippen LogP contribution in [0.2, 0.25) is 0 Å². The number of alkyl halides is 3. The van der Waals surface area contributed by atoms with E-state index in [1.54, 1.807) is 43.3 Å². The standard InChI is InChI=1S/C23H24F3NO4/c1-3-31-20(28)15-14-19(16-17-10-6-4-7-11-17)27-21(29)22(30-2,23(24,25)26)18-12-8-5-9-13-18/h4-15,19H,3,16H2,1-2H3,(H,27,29)/b15-14+. The van der Waals surface area contributed by atoms with E-state index in [-0.39, 0.29) is 18.6 Å². The zero-order chi connectivity index (χ0) is 22.9. The lowest BCUT2D eigenvalue weighted by Crippen LogP contribution is -2.57. The van der Waals surface area contributed by atoms with E-state index in [0.717, 1.165) is 18.7 Å². The minimum Gasteiger partial charge on any atom is -0.463 e. The van der Waals surface area contributed by atoms with Gasteiger partial charge < -0.3 is 14.8 Å². The van der Waals surface area contributed by atoms with Crippen LogP contribution in [0, 0.1) is 0 Å². The van der Waals surface area contributed by atoms with Gasteiger partial charge in [0.15, 0.2) is 0 Å². The number of ether oxygens (including phenoxy) is 2. The number of esters is 1. The summed E-state index contributed by atoms with van der Waals surface area (Å²) in [4.78, 5) is 24.7. The number of rotatable bonds is 9. The molecule has 2 unspecified atom stereocenters. The van der Waals surface area contributed by atoms with Gasteiger partial charge in [0, 0.05) is 18.7 Å². The second-order valence-corrected chi connectivity index (χ2v) is 6.63. The summed E-state index contributed by atoms with van der Waals surface area (Å²) in [6, 6.07) is 14.6. The van der Waals surface area contributed by atoms with Crippen molar-refractivity contribution in [3.05, 3.63) is 83.9 Å². The van der Waals surface area contributed by atoms with Crippen molar-refractivity contribution >= 4 is 11.9 Å². The zero-order valence-electron chi connectivity index (χ0n) is 17.2. The molecule has 0 spiro atoms. The molecule has 31 heavy (non-hydrogen) atoms. The van der Waals surface area contributed by atoms with Gasteiger partial charge in [0.1, 0.15) is 0 Å². The molecule has 2 rings (SSSR count). The van der Waals surface area contributed by atoms with E-state index in [4.69, 9.17) is 9.47 Å². The number of methoxy groups -OCH3 is 1. The van der Waals surface area contributed by atoms with Crippen molar-refractivity contribution in [1.82, 2.24) is 5.32 Å². The minimum absolute atomic E-state index is 0.147. The van der Waals surface area contributed by atoms with E-state index in [0.29, 0.717) is 0 Å². The average molecular weight is 435 g/mol. The first kappa shape index (κ1) is 24.1. The van der Waals surface area contributed by atoms with E-state index in [9.17, 15) is 22.8 Å². The minimum atomic E-state index is -5.03. The molecule has 5 nitrogen and oxygen atoms in total. The quantitative estimate of drug-likeness (QED) is 0.479. The van der Waals surface area contributed by atoms with Crippen LogP contribution in [0.5, 0.6) is 0 Å². The Morgan fingerprint density at radius 1 is 1.03 bits per heavy atom. The van der Waals surface area contributed by atoms with Gasteiger partial charge >= 0.3 is 12.1 Å². The number of amides is 1. The van der Waals surface area contributed by atoms with Gasteiger partial charge in [-0.05, 0) is 18.9 Å². The summed E-state index contributed by atoms with van der Waals surface area (Å²) >= 11 is 0. The molecule has 0 aliphatic carbocycles. The summed E-state index contributed by atoms with van der Waals surface area (Å²) in [6.45, 7) is 1.78. The molecule has 0 aliphatic heterocycles. The van der Waals surface area contributed by atoms with Crippen LogP contribution < -0.4 is 5.32 Å². The van der Waals surface area contributed by atoms with Crippen LogP contribution in [-0.2, 0) is 31.1 Å². The van der Waals surface area contributed by atoms with E-state index >= 15 is 0 Å². The Bertz CT molecular complexity index is 885. The maximum atomic E-state index is 14.1. The molecule has 0 radical (unpaired) electrons. The van der Waals surface area contributed by atoms with Crippen molar-refractivity contribution in [2.24, 2.45) is 0 Å². The molecule has 2 atom stereocenters. The van der Waals surface area contributed by atoms with Crippen LogP contribution in [0.4, 0.5) is 13.2 Å². The Balaban J connectivity index is 2.39. The number of hydrogen-bond donors (Lipinski definition) is 1. The largest absolute Gasteiger partial charge is 0.463 e. The van der Waals surface area contributed by atoms with Gasteiger partial charge in [-0.15, -0.1) is 0 Å². The Kier molecular flexibility index (Phi) is 8.38. The molecule has 166 valence electrons. The molecule has 0 aromatic heterocycles. The summed E-state index contributed by atoms with van der Waals surface area (Å²) in [5.41, 5.74) is -2.80. The molecule has 1 amide bonds. The molecule has 0 bridgehead atoms. The van der Waals surface area contributed by atoms with E-state index < -0.39 is 29.7 Å². The third kappa shape index (κ3) is 5.95. The van der Waals surface area contributed by atoms with Gasteiger partial charge in [-0.3, -0.25) is 4.79 Å². The summed E-state index contributed by atoms with van der Waals surface area (Å²) in [7, 11) is 0.834. The van der Waals surface area contributed by atoms with Crippen molar-refractivity contribution in [3.63, 3.8) is 0 Å². The first-order valence-corrected chi connectivity index (χ1v) is 9.61. The fourth-order valence-corrected chi connectivity index (χ4v) is 3.11. The second-order valence-electron chi connectivity index (χ2n) is 6.63. The van der Waals surface area contributed by atoms with Gasteiger partial charge in [0.25, 0.3) is 11.5 Å². The molecule has 2 aromatic carbocycles. The van der Waals surface area contributed by atoms with Gasteiger partial charge in [0.05, 0.1) is 12.6 Å². The topological polar surface area (TPSA) is 64.6 Å². The monoisotopic (exact) mass is 435 g/mol. The third-order valence-corrected chi connectivity index (χ3v) is 4.57. The number of benzene rings is 2. The van der Waals surface area contributed by atoms with E-state index in [1.807, 2.05) is 0 Å². The Hall–Kier alpha value is -3.13. The van der Waals surface area contributed by atoms with Crippen LogP contribution in [0.1, 0.15) is 18.1 Å². The van der Waals surface area contributed by atoms with Crippen molar-refractivity contribution < 1.29 is 32.2 Å². The van der Waals surface area contributed by atoms with E-state index in [1.165, 1.54) is 30.3 Å². The van der Waals surface area contributed by atoms with Crippen molar-refractivity contribution in [3.8, 4) is 0 Å². The summed E-state index contributed by atoms with van der Waals surface area (Å²) in [6.07, 6.45) is -2.48. The first-order chi connectivity index (χ1) is 14.7. The van der Waals surface area contributed by atoms with Crippen LogP contribution >= 0.6 is 0 Å². The van der Waals surface area contributed by atoms with E-state index in [2.05, 4.69) is 5.32 Å². The summed E-state index contributed by atoms with van der Waals surface area (Å²) in [5.74, 6) is -2.05. The summed E-state index contributed by atoms with van der Waals surface area (Å²) in [5, 5.41) is 2.38. The third-order valence-electron chi connectivity index (χ3n) is 4.57.